The smallest absolute Gasteiger partial charge is 0.256 e. The summed E-state index contributed by atoms with van der Waals surface area (Å²) in [5, 5.41) is 2.74. The normalized spacial score (nSPS) is 10.6. The highest BCUT2D eigenvalue weighted by Gasteiger charge is 2.18. The maximum absolute atomic E-state index is 13.2. The molecule has 1 amide bonds. The summed E-state index contributed by atoms with van der Waals surface area (Å²) < 4.78 is 26.2. The van der Waals surface area contributed by atoms with Gasteiger partial charge in [0.15, 0.2) is 11.6 Å². The first kappa shape index (κ1) is 14.4. The molecule has 0 saturated carbocycles. The van der Waals surface area contributed by atoms with E-state index in [1.807, 2.05) is 12.3 Å². The van der Waals surface area contributed by atoms with Crippen LogP contribution in [0.25, 0.3) is 0 Å². The van der Waals surface area contributed by atoms with Crippen molar-refractivity contribution in [3.63, 3.8) is 0 Å². The second kappa shape index (κ2) is 5.54. The minimum absolute atomic E-state index is 0.0571. The molecule has 4 nitrogen and oxygen atoms in total. The zero-order valence-electron chi connectivity index (χ0n) is 11.0. The molecule has 0 radical (unpaired) electrons. The zero-order chi connectivity index (χ0) is 14.9. The number of hydrogen-bond donors (Lipinski definition) is 1. The molecule has 106 valence electrons. The Morgan fingerprint density at radius 1 is 1.40 bits per heavy atom. The van der Waals surface area contributed by atoms with Gasteiger partial charge in [0.05, 0.1) is 22.8 Å². The van der Waals surface area contributed by atoms with Crippen molar-refractivity contribution in [2.75, 3.05) is 12.8 Å². The van der Waals surface area contributed by atoms with E-state index in [1.54, 1.807) is 7.05 Å². The van der Waals surface area contributed by atoms with Gasteiger partial charge in [-0.15, -0.1) is 11.3 Å². The molecule has 2 N–H and O–H groups in total. The molecule has 0 aliphatic heterocycles. The molecule has 0 spiro atoms. The van der Waals surface area contributed by atoms with E-state index in [0.717, 1.165) is 22.8 Å². The molecule has 0 bridgehead atoms. The molecular weight excluding hydrogens is 284 g/mol. The van der Waals surface area contributed by atoms with Crippen molar-refractivity contribution < 1.29 is 13.6 Å². The van der Waals surface area contributed by atoms with Gasteiger partial charge in [0.1, 0.15) is 0 Å². The number of carbonyl (C=O) groups is 1. The average Bonchev–Trinajstić information content (AvgIpc) is 2.78. The number of aryl methyl sites for hydroxylation is 1. The van der Waals surface area contributed by atoms with E-state index in [2.05, 4.69) is 4.98 Å². The molecule has 0 saturated heterocycles. The first-order valence-electron chi connectivity index (χ1n) is 5.79. The Hall–Kier alpha value is -2.02. The molecule has 2 aromatic rings. The van der Waals surface area contributed by atoms with Gasteiger partial charge in [-0.3, -0.25) is 4.79 Å². The molecule has 0 aliphatic rings. The molecule has 7 heteroatoms. The summed E-state index contributed by atoms with van der Waals surface area (Å²) in [6, 6.07) is 1.62. The largest absolute Gasteiger partial charge is 0.398 e. The van der Waals surface area contributed by atoms with E-state index in [-0.39, 0.29) is 17.8 Å². The van der Waals surface area contributed by atoms with Crippen LogP contribution in [0.3, 0.4) is 0 Å². The number of amides is 1. The fraction of sp³-hybridized carbons (Fsp3) is 0.231. The molecule has 2 rings (SSSR count). The molecule has 1 aromatic heterocycles. The Kier molecular flexibility index (Phi) is 3.99. The number of nitrogen functional groups attached to an aromatic ring is 1. The summed E-state index contributed by atoms with van der Waals surface area (Å²) in [6.07, 6.45) is 0. The summed E-state index contributed by atoms with van der Waals surface area (Å²) in [4.78, 5) is 17.8. The first-order valence-corrected chi connectivity index (χ1v) is 6.67. The molecule has 0 aliphatic carbocycles. The lowest BCUT2D eigenvalue weighted by Crippen LogP contribution is -2.27. The van der Waals surface area contributed by atoms with Crippen molar-refractivity contribution >= 4 is 22.9 Å². The average molecular weight is 297 g/mol. The van der Waals surface area contributed by atoms with Crippen molar-refractivity contribution in [2.45, 2.75) is 13.5 Å². The van der Waals surface area contributed by atoms with Crippen LogP contribution in [-0.2, 0) is 6.54 Å². The lowest BCUT2D eigenvalue weighted by atomic mass is 10.1. The van der Waals surface area contributed by atoms with Gasteiger partial charge in [0.2, 0.25) is 0 Å². The fourth-order valence-corrected chi connectivity index (χ4v) is 2.35. The Morgan fingerprint density at radius 2 is 2.05 bits per heavy atom. The molecule has 0 unspecified atom stereocenters. The van der Waals surface area contributed by atoms with Crippen LogP contribution in [-0.4, -0.2) is 22.8 Å². The maximum atomic E-state index is 13.2. The van der Waals surface area contributed by atoms with Crippen LogP contribution in [0.1, 0.15) is 21.1 Å². The number of nitrogens with zero attached hydrogens (tertiary/aromatic N) is 2. The van der Waals surface area contributed by atoms with Crippen LogP contribution in [0.15, 0.2) is 17.5 Å². The summed E-state index contributed by atoms with van der Waals surface area (Å²) in [6.45, 7) is 2.14. The number of anilines is 1. The van der Waals surface area contributed by atoms with Gasteiger partial charge in [-0.2, -0.15) is 0 Å². The zero-order valence-corrected chi connectivity index (χ0v) is 11.8. The topological polar surface area (TPSA) is 59.2 Å². The van der Waals surface area contributed by atoms with Crippen molar-refractivity contribution in [2.24, 2.45) is 0 Å². The van der Waals surface area contributed by atoms with Gasteiger partial charge in [-0.1, -0.05) is 0 Å². The molecule has 0 atom stereocenters. The third-order valence-corrected chi connectivity index (χ3v) is 3.56. The van der Waals surface area contributed by atoms with Gasteiger partial charge in [-0.05, 0) is 13.0 Å². The summed E-state index contributed by atoms with van der Waals surface area (Å²) >= 11 is 1.48. The standard InChI is InChI=1S/C13H13F2N3OS/c1-7-17-8(6-20-7)5-18(2)13(19)9-3-10(14)11(15)4-12(9)16/h3-4,6H,5,16H2,1-2H3. The van der Waals surface area contributed by atoms with E-state index in [4.69, 9.17) is 5.73 Å². The number of hydrogen-bond acceptors (Lipinski definition) is 4. The Labute approximate surface area is 118 Å². The van der Waals surface area contributed by atoms with E-state index in [1.165, 1.54) is 16.2 Å². The third-order valence-electron chi connectivity index (χ3n) is 2.74. The van der Waals surface area contributed by atoms with E-state index in [9.17, 15) is 13.6 Å². The number of halogens is 2. The highest BCUT2D eigenvalue weighted by Crippen LogP contribution is 2.19. The van der Waals surface area contributed by atoms with Crippen molar-refractivity contribution in [3.05, 3.63) is 45.4 Å². The Morgan fingerprint density at radius 3 is 2.65 bits per heavy atom. The van der Waals surface area contributed by atoms with E-state index in [0.29, 0.717) is 0 Å². The summed E-state index contributed by atoms with van der Waals surface area (Å²) in [7, 11) is 1.55. The summed E-state index contributed by atoms with van der Waals surface area (Å²) in [5.74, 6) is -2.65. The van der Waals surface area contributed by atoms with Crippen LogP contribution in [0.5, 0.6) is 0 Å². The van der Waals surface area contributed by atoms with Gasteiger partial charge in [-0.25, -0.2) is 13.8 Å². The third kappa shape index (κ3) is 2.93. The number of benzene rings is 1. The lowest BCUT2D eigenvalue weighted by molar-refractivity contribution is 0.0784. The minimum Gasteiger partial charge on any atom is -0.398 e. The van der Waals surface area contributed by atoms with Crippen LogP contribution in [0.4, 0.5) is 14.5 Å². The number of thiazole rings is 1. The monoisotopic (exact) mass is 297 g/mol. The highest BCUT2D eigenvalue weighted by atomic mass is 32.1. The van der Waals surface area contributed by atoms with Gasteiger partial charge in [0, 0.05) is 24.2 Å². The first-order chi connectivity index (χ1) is 9.38. The fourth-order valence-electron chi connectivity index (χ4n) is 1.75. The second-order valence-electron chi connectivity index (χ2n) is 4.37. The second-order valence-corrected chi connectivity index (χ2v) is 5.43. The van der Waals surface area contributed by atoms with Crippen molar-refractivity contribution in [1.29, 1.82) is 0 Å². The predicted molar refractivity (Wildman–Crippen MR) is 73.4 cm³/mol. The molecule has 0 fully saturated rings. The quantitative estimate of drug-likeness (QED) is 0.886. The van der Waals surface area contributed by atoms with Crippen LogP contribution in [0.2, 0.25) is 0 Å². The molecule has 1 heterocycles. The Bertz CT molecular complexity index is 657. The minimum atomic E-state index is -1.10. The van der Waals surface area contributed by atoms with E-state index >= 15 is 0 Å². The summed E-state index contributed by atoms with van der Waals surface area (Å²) in [5.41, 5.74) is 6.15. The highest BCUT2D eigenvalue weighted by molar-refractivity contribution is 7.09. The van der Waals surface area contributed by atoms with Crippen LogP contribution in [0, 0.1) is 18.6 Å². The van der Waals surface area contributed by atoms with Gasteiger partial charge >= 0.3 is 0 Å². The number of aromatic nitrogens is 1. The predicted octanol–water partition coefficient (Wildman–Crippen LogP) is 2.58. The van der Waals surface area contributed by atoms with Gasteiger partial charge < -0.3 is 10.6 Å². The van der Waals surface area contributed by atoms with Crippen molar-refractivity contribution in [1.82, 2.24) is 9.88 Å². The maximum Gasteiger partial charge on any atom is 0.256 e. The Balaban J connectivity index is 2.20. The molecule has 20 heavy (non-hydrogen) atoms. The number of nitrogens with two attached hydrogens (primary N) is 1. The number of carbonyl (C=O) groups excluding carboxylic acids is 1. The molecule has 1 aromatic carbocycles. The van der Waals surface area contributed by atoms with Crippen LogP contribution >= 0.6 is 11.3 Å². The van der Waals surface area contributed by atoms with E-state index < -0.39 is 17.5 Å². The van der Waals surface area contributed by atoms with Crippen LogP contribution < -0.4 is 5.73 Å². The lowest BCUT2D eigenvalue weighted by Gasteiger charge is -2.17. The number of rotatable bonds is 3. The van der Waals surface area contributed by atoms with Gasteiger partial charge in [0.25, 0.3) is 5.91 Å². The molecular formula is C13H13F2N3OS. The van der Waals surface area contributed by atoms with Crippen molar-refractivity contribution in [3.8, 4) is 0 Å². The SMILES string of the molecule is Cc1nc(CN(C)C(=O)c2cc(F)c(F)cc2N)cs1.